The van der Waals surface area contributed by atoms with Gasteiger partial charge in [-0.05, 0) is 24.3 Å². The Labute approximate surface area is 194 Å². The van der Waals surface area contributed by atoms with Crippen LogP contribution >= 0.6 is 0 Å². The minimum absolute atomic E-state index is 0.0272. The highest BCUT2D eigenvalue weighted by Gasteiger charge is 2.15. The van der Waals surface area contributed by atoms with Crippen molar-refractivity contribution < 1.29 is 47.7 Å². The van der Waals surface area contributed by atoms with Gasteiger partial charge in [-0.3, -0.25) is 20.2 Å². The third kappa shape index (κ3) is 11.5. The second kappa shape index (κ2) is 15.7. The predicted molar refractivity (Wildman–Crippen MR) is 114 cm³/mol. The smallest absolute Gasteiger partial charge is 0.338 e. The number of rotatable bonds is 12. The van der Waals surface area contributed by atoms with Crippen molar-refractivity contribution >= 4 is 35.8 Å². The fourth-order valence-electron chi connectivity index (χ4n) is 2.12. The van der Waals surface area contributed by atoms with Crippen molar-refractivity contribution in [3.05, 3.63) is 35.4 Å². The second-order valence-electron chi connectivity index (χ2n) is 6.32. The number of methoxy groups -OCH3 is 2. The molecule has 186 valence electrons. The summed E-state index contributed by atoms with van der Waals surface area (Å²) in [6, 6.07) is 3.47. The number of esters is 2. The van der Waals surface area contributed by atoms with Gasteiger partial charge in [0.1, 0.15) is 0 Å². The predicted octanol–water partition coefficient (Wildman–Crippen LogP) is -1.06. The summed E-state index contributed by atoms with van der Waals surface area (Å²) >= 11 is 0. The van der Waals surface area contributed by atoms with Crippen molar-refractivity contribution in [1.82, 2.24) is 21.3 Å². The quantitative estimate of drug-likeness (QED) is 0.211. The number of urea groups is 2. The van der Waals surface area contributed by atoms with Crippen LogP contribution in [0.3, 0.4) is 0 Å². The second-order valence-corrected chi connectivity index (χ2v) is 6.32. The fraction of sp³-hybridized carbons (Fsp3) is 0.400. The van der Waals surface area contributed by atoms with Crippen LogP contribution in [0.2, 0.25) is 0 Å². The average molecular weight is 482 g/mol. The number of imide groups is 2. The van der Waals surface area contributed by atoms with Crippen LogP contribution in [0.25, 0.3) is 0 Å². The summed E-state index contributed by atoms with van der Waals surface area (Å²) in [4.78, 5) is 70.1. The molecule has 0 heterocycles. The first-order chi connectivity index (χ1) is 16.3. The van der Waals surface area contributed by atoms with Crippen molar-refractivity contribution in [2.45, 2.75) is 0 Å². The van der Waals surface area contributed by atoms with Crippen molar-refractivity contribution in [1.29, 1.82) is 0 Å². The summed E-state index contributed by atoms with van der Waals surface area (Å²) in [5.74, 6) is -3.41. The Hall–Kier alpha value is -4.04. The van der Waals surface area contributed by atoms with Gasteiger partial charge >= 0.3 is 24.0 Å². The van der Waals surface area contributed by atoms with E-state index in [1.54, 1.807) is 0 Å². The van der Waals surface area contributed by atoms with Gasteiger partial charge in [-0.2, -0.15) is 0 Å². The normalized spacial score (nSPS) is 9.94. The summed E-state index contributed by atoms with van der Waals surface area (Å²) in [5, 5.41) is 8.66. The molecule has 1 aromatic rings. The van der Waals surface area contributed by atoms with Gasteiger partial charge in [-0.25, -0.2) is 19.2 Å². The van der Waals surface area contributed by atoms with Crippen molar-refractivity contribution in [3.8, 4) is 0 Å². The zero-order valence-electron chi connectivity index (χ0n) is 18.6. The molecule has 0 saturated carbocycles. The Kier molecular flexibility index (Phi) is 12.9. The van der Waals surface area contributed by atoms with Crippen LogP contribution in [0.1, 0.15) is 20.7 Å². The molecule has 1 rings (SSSR count). The van der Waals surface area contributed by atoms with Crippen LogP contribution in [-0.2, 0) is 28.5 Å². The van der Waals surface area contributed by atoms with Gasteiger partial charge in [-0.15, -0.1) is 0 Å². The summed E-state index contributed by atoms with van der Waals surface area (Å²) < 4.78 is 19.1. The minimum Gasteiger partial charge on any atom is -0.452 e. The summed E-state index contributed by atoms with van der Waals surface area (Å²) in [6.45, 7) is -0.485. The number of nitrogens with one attached hydrogen (secondary N) is 4. The number of carbonyl (C=O) groups is 6. The van der Waals surface area contributed by atoms with E-state index in [1.807, 2.05) is 10.6 Å². The first-order valence-corrected chi connectivity index (χ1v) is 9.84. The molecule has 14 heteroatoms. The Bertz CT molecular complexity index is 802. The number of amides is 6. The van der Waals surface area contributed by atoms with Crippen LogP contribution in [0.15, 0.2) is 24.3 Å². The topological polar surface area (TPSA) is 187 Å². The standard InChI is InChI=1S/C20H26N4O10/c1-31-9-7-21-19(29)23-15(25)11-33-17(27)13-3-5-14(6-4-13)18(28)34-12-16(26)24-20(30)22-8-10-32-2/h3-6H,7-12H2,1-2H3,(H2,21,23,25,29)(H2,22,24,26,30). The van der Waals surface area contributed by atoms with E-state index >= 15 is 0 Å². The number of benzene rings is 1. The molecule has 34 heavy (non-hydrogen) atoms. The maximum atomic E-state index is 12.0. The molecular weight excluding hydrogens is 456 g/mol. The summed E-state index contributed by atoms with van der Waals surface area (Å²) in [7, 11) is 2.90. The Morgan fingerprint density at radius 3 is 1.32 bits per heavy atom. The molecule has 0 spiro atoms. The molecular formula is C20H26N4O10. The third-order valence-electron chi connectivity index (χ3n) is 3.71. The molecule has 4 N–H and O–H groups in total. The Morgan fingerprint density at radius 1 is 0.647 bits per heavy atom. The van der Waals surface area contributed by atoms with Gasteiger partial charge in [0, 0.05) is 27.3 Å². The van der Waals surface area contributed by atoms with Crippen LogP contribution in [0.5, 0.6) is 0 Å². The van der Waals surface area contributed by atoms with Crippen LogP contribution in [0, 0.1) is 0 Å². The SMILES string of the molecule is COCCNC(=O)NC(=O)COC(=O)c1ccc(C(=O)OCC(=O)NC(=O)NCCOC)cc1. The minimum atomic E-state index is -0.867. The fourth-order valence-corrected chi connectivity index (χ4v) is 2.12. The highest BCUT2D eigenvalue weighted by atomic mass is 16.5. The van der Waals surface area contributed by atoms with Gasteiger partial charge < -0.3 is 29.6 Å². The highest BCUT2D eigenvalue weighted by molar-refractivity contribution is 5.98. The first kappa shape index (κ1) is 28.0. The van der Waals surface area contributed by atoms with E-state index in [0.717, 1.165) is 0 Å². The lowest BCUT2D eigenvalue weighted by molar-refractivity contribution is -0.123. The maximum Gasteiger partial charge on any atom is 0.338 e. The largest absolute Gasteiger partial charge is 0.452 e. The third-order valence-corrected chi connectivity index (χ3v) is 3.71. The molecule has 14 nitrogen and oxygen atoms in total. The average Bonchev–Trinajstić information content (AvgIpc) is 2.81. The van der Waals surface area contributed by atoms with E-state index < -0.39 is 49.0 Å². The molecule has 0 bridgehead atoms. The number of hydrogen-bond acceptors (Lipinski definition) is 10. The zero-order chi connectivity index (χ0) is 25.3. The van der Waals surface area contributed by atoms with E-state index in [2.05, 4.69) is 10.6 Å². The van der Waals surface area contributed by atoms with Gasteiger partial charge in [-0.1, -0.05) is 0 Å². The van der Waals surface area contributed by atoms with E-state index in [9.17, 15) is 28.8 Å². The molecule has 0 aliphatic rings. The van der Waals surface area contributed by atoms with E-state index in [1.165, 1.54) is 38.5 Å². The molecule has 0 unspecified atom stereocenters. The zero-order valence-corrected chi connectivity index (χ0v) is 18.6. The van der Waals surface area contributed by atoms with Gasteiger partial charge in [0.15, 0.2) is 13.2 Å². The lowest BCUT2D eigenvalue weighted by Crippen LogP contribution is -2.42. The molecule has 6 amide bonds. The summed E-state index contributed by atoms with van der Waals surface area (Å²) in [5.41, 5.74) is 0.0544. The van der Waals surface area contributed by atoms with Gasteiger partial charge in [0.25, 0.3) is 11.8 Å². The first-order valence-electron chi connectivity index (χ1n) is 9.84. The summed E-state index contributed by atoms with van der Waals surface area (Å²) in [6.07, 6.45) is 0. The van der Waals surface area contributed by atoms with E-state index in [0.29, 0.717) is 0 Å². The van der Waals surface area contributed by atoms with Crippen molar-refractivity contribution in [2.75, 3.05) is 53.7 Å². The Morgan fingerprint density at radius 2 is 1.00 bits per heavy atom. The number of carbonyl (C=O) groups excluding carboxylic acids is 6. The molecule has 0 radical (unpaired) electrons. The Balaban J connectivity index is 2.40. The maximum absolute atomic E-state index is 12.0. The number of ether oxygens (including phenoxy) is 4. The lowest BCUT2D eigenvalue weighted by Gasteiger charge is -2.08. The van der Waals surface area contributed by atoms with Crippen molar-refractivity contribution in [3.63, 3.8) is 0 Å². The van der Waals surface area contributed by atoms with E-state index in [-0.39, 0.29) is 37.4 Å². The molecule has 0 atom stereocenters. The van der Waals surface area contributed by atoms with Crippen LogP contribution in [0.4, 0.5) is 9.59 Å². The molecule has 0 aliphatic carbocycles. The monoisotopic (exact) mass is 482 g/mol. The molecule has 0 saturated heterocycles. The molecule has 0 aliphatic heterocycles. The van der Waals surface area contributed by atoms with Crippen molar-refractivity contribution in [2.24, 2.45) is 0 Å². The lowest BCUT2D eigenvalue weighted by atomic mass is 10.1. The van der Waals surface area contributed by atoms with Gasteiger partial charge in [0.05, 0.1) is 24.3 Å². The van der Waals surface area contributed by atoms with Crippen LogP contribution < -0.4 is 21.3 Å². The molecule has 0 aromatic heterocycles. The molecule has 0 fully saturated rings. The van der Waals surface area contributed by atoms with Crippen LogP contribution in [-0.4, -0.2) is 89.6 Å². The van der Waals surface area contributed by atoms with Gasteiger partial charge in [0.2, 0.25) is 0 Å². The molecule has 1 aromatic carbocycles. The van der Waals surface area contributed by atoms with E-state index in [4.69, 9.17) is 18.9 Å². The highest BCUT2D eigenvalue weighted by Crippen LogP contribution is 2.07. The number of hydrogen-bond donors (Lipinski definition) is 4.